The number of aromatic nitrogens is 2. The maximum atomic E-state index is 12.0. The van der Waals surface area contributed by atoms with Gasteiger partial charge in [-0.15, -0.1) is 0 Å². The summed E-state index contributed by atoms with van der Waals surface area (Å²) in [6, 6.07) is 7.76. The molecule has 2 aromatic rings. The van der Waals surface area contributed by atoms with Gasteiger partial charge >= 0.3 is 0 Å². The predicted molar refractivity (Wildman–Crippen MR) is 78.9 cm³/mol. The van der Waals surface area contributed by atoms with Gasteiger partial charge in [-0.3, -0.25) is 0 Å². The molecule has 1 fully saturated rings. The number of sulfonamides is 1. The van der Waals surface area contributed by atoms with Crippen molar-refractivity contribution in [1.29, 1.82) is 0 Å². The topological polar surface area (TPSA) is 55.2 Å². The van der Waals surface area contributed by atoms with E-state index in [1.165, 1.54) is 6.26 Å². The fourth-order valence-corrected chi connectivity index (χ4v) is 4.14. The zero-order chi connectivity index (χ0) is 14.3. The molecule has 3 rings (SSSR count). The van der Waals surface area contributed by atoms with E-state index in [0.29, 0.717) is 6.54 Å². The third-order valence-corrected chi connectivity index (χ3v) is 5.29. The summed E-state index contributed by atoms with van der Waals surface area (Å²) in [6.45, 7) is 0.590. The van der Waals surface area contributed by atoms with E-state index in [9.17, 15) is 8.42 Å². The van der Waals surface area contributed by atoms with Crippen LogP contribution in [0.1, 0.15) is 31.1 Å². The van der Waals surface area contributed by atoms with Crippen molar-refractivity contribution >= 4 is 21.1 Å². The summed E-state index contributed by atoms with van der Waals surface area (Å²) in [5.74, 6) is 0.844. The zero-order valence-electron chi connectivity index (χ0n) is 11.8. The monoisotopic (exact) mass is 293 g/mol. The van der Waals surface area contributed by atoms with Crippen LogP contribution in [0.25, 0.3) is 11.0 Å². The summed E-state index contributed by atoms with van der Waals surface area (Å²) in [5, 5.41) is 0. The van der Waals surface area contributed by atoms with Gasteiger partial charge in [0.05, 0.1) is 23.3 Å². The second kappa shape index (κ2) is 4.86. The van der Waals surface area contributed by atoms with Crippen LogP contribution >= 0.6 is 0 Å². The molecule has 0 amide bonds. The normalized spacial score (nSPS) is 21.4. The van der Waals surface area contributed by atoms with E-state index in [4.69, 9.17) is 0 Å². The molecule has 0 radical (unpaired) electrons. The Balaban J connectivity index is 2.10. The van der Waals surface area contributed by atoms with Gasteiger partial charge < -0.3 is 4.57 Å². The lowest BCUT2D eigenvalue weighted by Gasteiger charge is -2.33. The van der Waals surface area contributed by atoms with Gasteiger partial charge in [0.2, 0.25) is 10.0 Å². The highest BCUT2D eigenvalue weighted by Crippen LogP contribution is 2.33. The van der Waals surface area contributed by atoms with Crippen molar-refractivity contribution in [3.63, 3.8) is 0 Å². The predicted octanol–water partition coefficient (Wildman–Crippen LogP) is 2.06. The molecular weight excluding hydrogens is 274 g/mol. The first kappa shape index (κ1) is 13.6. The molecule has 1 aliphatic rings. The third-order valence-electron chi connectivity index (χ3n) is 4.00. The highest BCUT2D eigenvalue weighted by Gasteiger charge is 2.33. The summed E-state index contributed by atoms with van der Waals surface area (Å²) in [7, 11) is -1.24. The summed E-state index contributed by atoms with van der Waals surface area (Å²) >= 11 is 0. The molecule has 6 heteroatoms. The molecule has 1 atom stereocenters. The molecule has 1 aliphatic heterocycles. The van der Waals surface area contributed by atoms with Crippen LogP contribution < -0.4 is 0 Å². The minimum atomic E-state index is -3.20. The lowest BCUT2D eigenvalue weighted by atomic mass is 10.0. The molecule has 20 heavy (non-hydrogen) atoms. The lowest BCUT2D eigenvalue weighted by Crippen LogP contribution is -2.38. The Morgan fingerprint density at radius 1 is 1.25 bits per heavy atom. The number of para-hydroxylation sites is 2. The maximum absolute atomic E-state index is 12.0. The van der Waals surface area contributed by atoms with Crippen LogP contribution in [0, 0.1) is 0 Å². The fourth-order valence-electron chi connectivity index (χ4n) is 3.02. The number of imidazole rings is 1. The molecule has 0 saturated carbocycles. The standard InChI is InChI=1S/C14H19N3O2S/c1-16-12-8-4-3-7-11(12)15-14(16)13-9-5-6-10-17(13)20(2,18)19/h3-4,7-8,13H,5-6,9-10H2,1-2H3/t13-/m1/s1. The van der Waals surface area contributed by atoms with E-state index in [1.807, 2.05) is 35.9 Å². The number of rotatable bonds is 2. The maximum Gasteiger partial charge on any atom is 0.211 e. The fraction of sp³-hybridized carbons (Fsp3) is 0.500. The van der Waals surface area contributed by atoms with Crippen molar-refractivity contribution in [3.05, 3.63) is 30.1 Å². The Morgan fingerprint density at radius 2 is 2.00 bits per heavy atom. The van der Waals surface area contributed by atoms with Crippen LogP contribution in [0.3, 0.4) is 0 Å². The molecule has 2 heterocycles. The summed E-state index contributed by atoms with van der Waals surface area (Å²) in [4.78, 5) is 4.66. The smallest absolute Gasteiger partial charge is 0.211 e. The van der Waals surface area contributed by atoms with Crippen LogP contribution in [0.2, 0.25) is 0 Å². The second-order valence-corrected chi connectivity index (χ2v) is 7.34. The van der Waals surface area contributed by atoms with Crippen LogP contribution in [0.15, 0.2) is 24.3 Å². The minimum absolute atomic E-state index is 0.142. The van der Waals surface area contributed by atoms with Crippen LogP contribution in [0.4, 0.5) is 0 Å². The van der Waals surface area contributed by atoms with Gasteiger partial charge in [0.1, 0.15) is 5.82 Å². The third kappa shape index (κ3) is 2.23. The van der Waals surface area contributed by atoms with E-state index in [2.05, 4.69) is 4.98 Å². The van der Waals surface area contributed by atoms with Crippen molar-refractivity contribution < 1.29 is 8.42 Å². The van der Waals surface area contributed by atoms with Gasteiger partial charge in [-0.1, -0.05) is 18.6 Å². The van der Waals surface area contributed by atoms with E-state index in [0.717, 1.165) is 36.1 Å². The van der Waals surface area contributed by atoms with Gasteiger partial charge in [0.15, 0.2) is 0 Å². The first-order valence-electron chi connectivity index (χ1n) is 6.86. The Kier molecular flexibility index (Phi) is 3.30. The molecule has 1 aromatic heterocycles. The van der Waals surface area contributed by atoms with E-state index < -0.39 is 10.0 Å². The first-order chi connectivity index (χ1) is 9.48. The molecule has 1 aromatic carbocycles. The molecule has 1 saturated heterocycles. The molecule has 0 N–H and O–H groups in total. The van der Waals surface area contributed by atoms with Gasteiger partial charge in [-0.25, -0.2) is 13.4 Å². The molecular formula is C14H19N3O2S. The largest absolute Gasteiger partial charge is 0.330 e. The Labute approximate surface area is 119 Å². The number of fused-ring (bicyclic) bond motifs is 1. The zero-order valence-corrected chi connectivity index (χ0v) is 12.6. The quantitative estimate of drug-likeness (QED) is 0.851. The highest BCUT2D eigenvalue weighted by molar-refractivity contribution is 7.88. The first-order valence-corrected chi connectivity index (χ1v) is 8.71. The molecule has 0 unspecified atom stereocenters. The highest BCUT2D eigenvalue weighted by atomic mass is 32.2. The second-order valence-electron chi connectivity index (χ2n) is 5.40. The molecule has 0 aliphatic carbocycles. The van der Waals surface area contributed by atoms with E-state index in [1.54, 1.807) is 4.31 Å². The Morgan fingerprint density at radius 3 is 2.70 bits per heavy atom. The van der Waals surface area contributed by atoms with Crippen LogP contribution in [-0.4, -0.2) is 35.1 Å². The van der Waals surface area contributed by atoms with Crippen molar-refractivity contribution in [3.8, 4) is 0 Å². The lowest BCUT2D eigenvalue weighted by molar-refractivity contribution is 0.245. The van der Waals surface area contributed by atoms with Crippen molar-refractivity contribution in [2.75, 3.05) is 12.8 Å². The van der Waals surface area contributed by atoms with Crippen molar-refractivity contribution in [1.82, 2.24) is 13.9 Å². The average Bonchev–Trinajstić information content (AvgIpc) is 2.76. The number of aryl methyl sites for hydroxylation is 1. The van der Waals surface area contributed by atoms with Crippen molar-refractivity contribution in [2.24, 2.45) is 7.05 Å². The molecule has 0 bridgehead atoms. The number of nitrogens with zero attached hydrogens (tertiary/aromatic N) is 3. The number of hydrogen-bond donors (Lipinski definition) is 0. The number of hydrogen-bond acceptors (Lipinski definition) is 3. The van der Waals surface area contributed by atoms with E-state index >= 15 is 0 Å². The molecule has 0 spiro atoms. The molecule has 5 nitrogen and oxygen atoms in total. The molecule has 108 valence electrons. The van der Waals surface area contributed by atoms with Crippen LogP contribution in [0.5, 0.6) is 0 Å². The summed E-state index contributed by atoms with van der Waals surface area (Å²) < 4.78 is 27.6. The van der Waals surface area contributed by atoms with Gasteiger partial charge in [-0.2, -0.15) is 4.31 Å². The Hall–Kier alpha value is -1.40. The van der Waals surface area contributed by atoms with Gasteiger partial charge in [0, 0.05) is 13.6 Å². The van der Waals surface area contributed by atoms with Gasteiger partial charge in [-0.05, 0) is 25.0 Å². The van der Waals surface area contributed by atoms with Gasteiger partial charge in [0.25, 0.3) is 0 Å². The summed E-state index contributed by atoms with van der Waals surface area (Å²) in [6.07, 6.45) is 4.09. The number of piperidine rings is 1. The summed E-state index contributed by atoms with van der Waals surface area (Å²) in [5.41, 5.74) is 1.96. The van der Waals surface area contributed by atoms with Crippen molar-refractivity contribution in [2.45, 2.75) is 25.3 Å². The SMILES string of the molecule is Cn1c([C@H]2CCCCN2S(C)(=O)=O)nc2ccccc21. The average molecular weight is 293 g/mol. The minimum Gasteiger partial charge on any atom is -0.330 e. The Bertz CT molecular complexity index is 736. The van der Waals surface area contributed by atoms with Crippen LogP contribution in [-0.2, 0) is 17.1 Å². The number of benzene rings is 1. The van der Waals surface area contributed by atoms with E-state index in [-0.39, 0.29) is 6.04 Å².